The van der Waals surface area contributed by atoms with Crippen LogP contribution in [0.1, 0.15) is 11.5 Å². The molecule has 0 atom stereocenters. The molecule has 0 aliphatic rings. The van der Waals surface area contributed by atoms with Crippen LogP contribution in [-0.2, 0) is 16.6 Å². The smallest absolute Gasteiger partial charge is 0.246 e. The fraction of sp³-hybridized carbons (Fsp3) is 0.250. The molecular weight excluding hydrogens is 288 g/mol. The Morgan fingerprint density at radius 1 is 1.37 bits per heavy atom. The fourth-order valence-electron chi connectivity index (χ4n) is 1.61. The molecule has 2 heterocycles. The summed E-state index contributed by atoms with van der Waals surface area (Å²) in [6, 6.07) is 6.48. The summed E-state index contributed by atoms with van der Waals surface area (Å²) in [5, 5.41) is -0.0371. The molecule has 0 saturated heterocycles. The molecule has 0 saturated carbocycles. The van der Waals surface area contributed by atoms with E-state index in [1.54, 1.807) is 19.1 Å². The Morgan fingerprint density at radius 2 is 2.11 bits per heavy atom. The van der Waals surface area contributed by atoms with Crippen molar-refractivity contribution in [1.82, 2.24) is 9.29 Å². The van der Waals surface area contributed by atoms with Gasteiger partial charge in [0.1, 0.15) is 21.6 Å². The summed E-state index contributed by atoms with van der Waals surface area (Å²) in [4.78, 5) is 3.76. The minimum atomic E-state index is -3.68. The van der Waals surface area contributed by atoms with Crippen molar-refractivity contribution in [2.45, 2.75) is 18.4 Å². The van der Waals surface area contributed by atoms with E-state index in [0.29, 0.717) is 5.76 Å². The largest absolute Gasteiger partial charge is 0.465 e. The highest BCUT2D eigenvalue weighted by Crippen LogP contribution is 2.22. The van der Waals surface area contributed by atoms with Crippen LogP contribution in [-0.4, -0.2) is 24.8 Å². The van der Waals surface area contributed by atoms with Crippen molar-refractivity contribution in [3.05, 3.63) is 47.1 Å². The molecule has 0 fully saturated rings. The minimum absolute atomic E-state index is 0.0116. The SMILES string of the molecule is Cc1ccc(CN(C)S(=O)(=O)c2cccnc2Cl)o1. The molecule has 19 heavy (non-hydrogen) atoms. The molecule has 2 aromatic heterocycles. The third-order valence-electron chi connectivity index (χ3n) is 2.59. The van der Waals surface area contributed by atoms with Crippen molar-refractivity contribution >= 4 is 21.6 Å². The first kappa shape index (κ1) is 14.0. The predicted molar refractivity (Wildman–Crippen MR) is 71.3 cm³/mol. The summed E-state index contributed by atoms with van der Waals surface area (Å²) in [7, 11) is -2.21. The predicted octanol–water partition coefficient (Wildman–Crippen LogP) is 2.46. The number of halogens is 1. The lowest BCUT2D eigenvalue weighted by Gasteiger charge is -2.16. The molecule has 0 bridgehead atoms. The molecule has 0 aliphatic heterocycles. The highest BCUT2D eigenvalue weighted by Gasteiger charge is 2.24. The van der Waals surface area contributed by atoms with Crippen LogP contribution in [0.4, 0.5) is 0 Å². The van der Waals surface area contributed by atoms with Gasteiger partial charge in [0.05, 0.1) is 6.54 Å². The van der Waals surface area contributed by atoms with E-state index in [2.05, 4.69) is 4.98 Å². The second-order valence-corrected chi connectivity index (χ2v) is 6.44. The Kier molecular flexibility index (Phi) is 3.93. The van der Waals surface area contributed by atoms with E-state index in [-0.39, 0.29) is 16.6 Å². The summed E-state index contributed by atoms with van der Waals surface area (Å²) in [6.07, 6.45) is 1.44. The molecule has 0 radical (unpaired) electrons. The zero-order valence-corrected chi connectivity index (χ0v) is 12.1. The number of hydrogen-bond acceptors (Lipinski definition) is 4. The van der Waals surface area contributed by atoms with Gasteiger partial charge in [-0.2, -0.15) is 4.31 Å². The first-order valence-electron chi connectivity index (χ1n) is 5.53. The Labute approximate surface area is 116 Å². The minimum Gasteiger partial charge on any atom is -0.465 e. The van der Waals surface area contributed by atoms with Gasteiger partial charge in [0.2, 0.25) is 10.0 Å². The first-order chi connectivity index (χ1) is 8.91. The quantitative estimate of drug-likeness (QED) is 0.814. The molecule has 0 amide bonds. The van der Waals surface area contributed by atoms with Gasteiger partial charge in [-0.3, -0.25) is 0 Å². The highest BCUT2D eigenvalue weighted by molar-refractivity contribution is 7.89. The maximum atomic E-state index is 12.3. The van der Waals surface area contributed by atoms with Crippen molar-refractivity contribution in [1.29, 1.82) is 0 Å². The summed E-state index contributed by atoms with van der Waals surface area (Å²) >= 11 is 5.82. The second kappa shape index (κ2) is 5.32. The lowest BCUT2D eigenvalue weighted by atomic mass is 10.4. The Bertz CT molecular complexity index is 682. The van der Waals surface area contributed by atoms with Crippen LogP contribution in [0.3, 0.4) is 0 Å². The average molecular weight is 301 g/mol. The first-order valence-corrected chi connectivity index (χ1v) is 7.35. The normalized spacial score (nSPS) is 12.0. The van der Waals surface area contributed by atoms with Crippen LogP contribution in [0.5, 0.6) is 0 Å². The van der Waals surface area contributed by atoms with Crippen molar-refractivity contribution in [3.63, 3.8) is 0 Å². The molecule has 0 aliphatic carbocycles. The lowest BCUT2D eigenvalue weighted by Crippen LogP contribution is -2.26. The molecule has 2 aromatic rings. The monoisotopic (exact) mass is 300 g/mol. The molecule has 0 aromatic carbocycles. The number of aryl methyl sites for hydroxylation is 1. The summed E-state index contributed by atoms with van der Waals surface area (Å²) in [5.41, 5.74) is 0. The van der Waals surface area contributed by atoms with Crippen molar-refractivity contribution in [2.24, 2.45) is 0 Å². The van der Waals surface area contributed by atoms with Gasteiger partial charge in [-0.25, -0.2) is 13.4 Å². The average Bonchev–Trinajstić information content (AvgIpc) is 2.75. The van der Waals surface area contributed by atoms with Gasteiger partial charge in [-0.15, -0.1) is 0 Å². The fourth-order valence-corrected chi connectivity index (χ4v) is 3.17. The second-order valence-electron chi connectivity index (χ2n) is 4.07. The molecule has 2 rings (SSSR count). The van der Waals surface area contributed by atoms with Gasteiger partial charge in [-0.05, 0) is 31.2 Å². The van der Waals surface area contributed by atoms with E-state index in [1.807, 2.05) is 0 Å². The third-order valence-corrected chi connectivity index (χ3v) is 4.84. The third kappa shape index (κ3) is 2.97. The zero-order chi connectivity index (χ0) is 14.0. The molecule has 0 unspecified atom stereocenters. The molecule has 0 spiro atoms. The van der Waals surface area contributed by atoms with Gasteiger partial charge >= 0.3 is 0 Å². The highest BCUT2D eigenvalue weighted by atomic mass is 35.5. The number of pyridine rings is 1. The van der Waals surface area contributed by atoms with E-state index in [9.17, 15) is 8.42 Å². The van der Waals surface area contributed by atoms with Crippen LogP contribution < -0.4 is 0 Å². The van der Waals surface area contributed by atoms with E-state index in [4.69, 9.17) is 16.0 Å². The van der Waals surface area contributed by atoms with Gasteiger partial charge < -0.3 is 4.42 Å². The zero-order valence-electron chi connectivity index (χ0n) is 10.5. The summed E-state index contributed by atoms with van der Waals surface area (Å²) in [5.74, 6) is 1.31. The van der Waals surface area contributed by atoms with Crippen LogP contribution in [0.2, 0.25) is 5.15 Å². The number of nitrogens with zero attached hydrogens (tertiary/aromatic N) is 2. The van der Waals surface area contributed by atoms with E-state index < -0.39 is 10.0 Å². The molecule has 102 valence electrons. The lowest BCUT2D eigenvalue weighted by molar-refractivity contribution is 0.397. The van der Waals surface area contributed by atoms with Gasteiger partial charge in [0.25, 0.3) is 0 Å². The van der Waals surface area contributed by atoms with Crippen LogP contribution >= 0.6 is 11.6 Å². The summed E-state index contributed by atoms with van der Waals surface area (Å²) in [6.45, 7) is 1.94. The number of aromatic nitrogens is 1. The standard InChI is InChI=1S/C12H13ClN2O3S/c1-9-5-6-10(18-9)8-15(2)19(16,17)11-4-3-7-14-12(11)13/h3-7H,8H2,1-2H3. The maximum Gasteiger partial charge on any atom is 0.246 e. The van der Waals surface area contributed by atoms with Crippen molar-refractivity contribution in [3.8, 4) is 0 Å². The molecule has 0 N–H and O–H groups in total. The topological polar surface area (TPSA) is 63.4 Å². The Hall–Kier alpha value is -1.37. The summed E-state index contributed by atoms with van der Waals surface area (Å²) < 4.78 is 31.2. The van der Waals surface area contributed by atoms with Gasteiger partial charge in [-0.1, -0.05) is 11.6 Å². The number of hydrogen-bond donors (Lipinski definition) is 0. The Morgan fingerprint density at radius 3 is 2.68 bits per heavy atom. The van der Waals surface area contributed by atoms with Gasteiger partial charge in [0, 0.05) is 13.2 Å². The van der Waals surface area contributed by atoms with Crippen LogP contribution in [0.25, 0.3) is 0 Å². The van der Waals surface area contributed by atoms with Crippen LogP contribution in [0.15, 0.2) is 39.8 Å². The Balaban J connectivity index is 2.27. The van der Waals surface area contributed by atoms with Gasteiger partial charge in [0.15, 0.2) is 0 Å². The van der Waals surface area contributed by atoms with Crippen molar-refractivity contribution < 1.29 is 12.8 Å². The van der Waals surface area contributed by atoms with E-state index in [1.165, 1.54) is 29.7 Å². The van der Waals surface area contributed by atoms with Crippen molar-refractivity contribution in [2.75, 3.05) is 7.05 Å². The number of furan rings is 1. The van der Waals surface area contributed by atoms with E-state index >= 15 is 0 Å². The van der Waals surface area contributed by atoms with Crippen LogP contribution in [0, 0.1) is 6.92 Å². The molecule has 7 heteroatoms. The number of rotatable bonds is 4. The maximum absolute atomic E-state index is 12.3. The number of sulfonamides is 1. The molecule has 5 nitrogen and oxygen atoms in total. The van der Waals surface area contributed by atoms with E-state index in [0.717, 1.165) is 5.76 Å². The molecular formula is C12H13ClN2O3S.